The van der Waals surface area contributed by atoms with Crippen LogP contribution in [0.3, 0.4) is 0 Å². The average molecular weight is 479 g/mol. The molecular formula is C28H34N2O3S. The minimum Gasteiger partial charge on any atom is -0.748 e. The quantitative estimate of drug-likeness (QED) is 0.402. The van der Waals surface area contributed by atoms with Gasteiger partial charge in [-0.05, 0) is 38.5 Å². The van der Waals surface area contributed by atoms with E-state index in [1.165, 1.54) is 22.5 Å². The Balaban J connectivity index is 1.72. The zero-order valence-electron chi connectivity index (χ0n) is 20.7. The number of nitrogens with zero attached hydrogens (tertiary/aromatic N) is 2. The molecule has 5 nitrogen and oxygen atoms in total. The Morgan fingerprint density at radius 2 is 1.62 bits per heavy atom. The summed E-state index contributed by atoms with van der Waals surface area (Å²) in [6.45, 7) is 12.5. The van der Waals surface area contributed by atoms with Crippen LogP contribution in [0.2, 0.25) is 0 Å². The molecule has 0 saturated carbocycles. The fourth-order valence-electron chi connectivity index (χ4n) is 5.49. The summed E-state index contributed by atoms with van der Waals surface area (Å²) in [6, 6.07) is 16.8. The topological polar surface area (TPSA) is 63.5 Å². The maximum Gasteiger partial charge on any atom is 0.209 e. The van der Waals surface area contributed by atoms with Crippen LogP contribution in [0.25, 0.3) is 0 Å². The molecule has 0 radical (unpaired) electrons. The Hall–Kier alpha value is -2.70. The molecule has 0 fully saturated rings. The number of rotatable bonds is 7. The number of allylic oxidation sites excluding steroid dienone is 4. The van der Waals surface area contributed by atoms with E-state index in [9.17, 15) is 13.0 Å². The molecule has 0 atom stereocenters. The van der Waals surface area contributed by atoms with Crippen molar-refractivity contribution in [3.8, 4) is 0 Å². The highest BCUT2D eigenvalue weighted by atomic mass is 32.2. The molecule has 0 aromatic heterocycles. The van der Waals surface area contributed by atoms with Gasteiger partial charge in [-0.3, -0.25) is 0 Å². The van der Waals surface area contributed by atoms with E-state index in [-0.39, 0.29) is 16.6 Å². The van der Waals surface area contributed by atoms with Crippen molar-refractivity contribution in [3.05, 3.63) is 83.6 Å². The van der Waals surface area contributed by atoms with Gasteiger partial charge in [0.25, 0.3) is 0 Å². The molecule has 0 saturated heterocycles. The summed E-state index contributed by atoms with van der Waals surface area (Å²) in [5, 5.41) is 0. The zero-order valence-corrected chi connectivity index (χ0v) is 21.5. The second kappa shape index (κ2) is 8.82. The molecule has 6 heteroatoms. The second-order valence-corrected chi connectivity index (χ2v) is 11.6. The van der Waals surface area contributed by atoms with Crippen LogP contribution < -0.4 is 4.90 Å². The van der Waals surface area contributed by atoms with Crippen molar-refractivity contribution in [2.45, 2.75) is 51.9 Å². The fourth-order valence-corrected chi connectivity index (χ4v) is 5.98. The van der Waals surface area contributed by atoms with Crippen molar-refractivity contribution in [3.63, 3.8) is 0 Å². The van der Waals surface area contributed by atoms with Crippen molar-refractivity contribution >= 4 is 27.2 Å². The van der Waals surface area contributed by atoms with Gasteiger partial charge in [-0.2, -0.15) is 4.58 Å². The molecule has 2 aromatic rings. The molecule has 2 aliphatic heterocycles. The summed E-state index contributed by atoms with van der Waals surface area (Å²) < 4.78 is 35.7. The van der Waals surface area contributed by atoms with Gasteiger partial charge in [0.2, 0.25) is 5.69 Å². The van der Waals surface area contributed by atoms with Crippen LogP contribution >= 0.6 is 0 Å². The van der Waals surface area contributed by atoms with Crippen LogP contribution in [0.1, 0.15) is 52.2 Å². The Morgan fingerprint density at radius 1 is 0.971 bits per heavy atom. The highest BCUT2D eigenvalue weighted by Crippen LogP contribution is 2.47. The Labute approximate surface area is 203 Å². The van der Waals surface area contributed by atoms with E-state index < -0.39 is 10.1 Å². The normalized spacial score (nSPS) is 19.8. The van der Waals surface area contributed by atoms with E-state index in [2.05, 4.69) is 98.7 Å². The predicted octanol–water partition coefficient (Wildman–Crippen LogP) is 5.26. The number of para-hydroxylation sites is 2. The van der Waals surface area contributed by atoms with E-state index in [0.29, 0.717) is 13.0 Å². The lowest BCUT2D eigenvalue weighted by atomic mass is 9.81. The van der Waals surface area contributed by atoms with Gasteiger partial charge in [0.15, 0.2) is 5.71 Å². The Kier molecular flexibility index (Phi) is 6.34. The SMILES string of the molecule is CCN1/C(=C/C=C/C2=[N+](CCCS(=O)(=O)[O-])c3ccccc3C2(C)C)C(C)(C)c2ccccc21. The first kappa shape index (κ1) is 24.4. The van der Waals surface area contributed by atoms with Crippen LogP contribution in [0.5, 0.6) is 0 Å². The van der Waals surface area contributed by atoms with Gasteiger partial charge in [-0.1, -0.05) is 56.3 Å². The van der Waals surface area contributed by atoms with Crippen LogP contribution in [-0.2, 0) is 20.9 Å². The molecule has 0 unspecified atom stereocenters. The maximum atomic E-state index is 11.2. The molecule has 0 bridgehead atoms. The lowest BCUT2D eigenvalue weighted by molar-refractivity contribution is -0.437. The van der Waals surface area contributed by atoms with E-state index in [1.807, 2.05) is 12.1 Å². The van der Waals surface area contributed by atoms with Crippen molar-refractivity contribution in [1.29, 1.82) is 0 Å². The Bertz CT molecular complexity index is 1300. The summed E-state index contributed by atoms with van der Waals surface area (Å²) in [4.78, 5) is 2.37. The smallest absolute Gasteiger partial charge is 0.209 e. The lowest BCUT2D eigenvalue weighted by Crippen LogP contribution is -2.28. The average Bonchev–Trinajstić information content (AvgIpc) is 3.13. The van der Waals surface area contributed by atoms with Crippen molar-refractivity contribution in [2.75, 3.05) is 23.7 Å². The minimum atomic E-state index is -4.23. The molecule has 180 valence electrons. The third-order valence-electron chi connectivity index (χ3n) is 7.20. The summed E-state index contributed by atoms with van der Waals surface area (Å²) in [5.74, 6) is -0.356. The van der Waals surface area contributed by atoms with E-state index in [4.69, 9.17) is 0 Å². The lowest BCUT2D eigenvalue weighted by Gasteiger charge is -2.25. The molecule has 0 spiro atoms. The summed E-state index contributed by atoms with van der Waals surface area (Å²) in [7, 11) is -4.23. The minimum absolute atomic E-state index is 0.0993. The van der Waals surface area contributed by atoms with Crippen molar-refractivity contribution < 1.29 is 17.5 Å². The predicted molar refractivity (Wildman–Crippen MR) is 138 cm³/mol. The standard InChI is InChI=1S/C28H34N2O3S/c1-6-29-23-15-9-7-13-21(23)27(2,3)25(29)17-11-18-26-28(4,5)22-14-8-10-16-24(22)30(26)19-12-20-34(31,32)33/h7-11,13-18H,6,12,19-20H2,1-5H3. The number of likely N-dealkylation sites (N-methyl/N-ethyl adjacent to an activating group) is 1. The van der Waals surface area contributed by atoms with Crippen LogP contribution in [0.15, 0.2) is 72.5 Å². The largest absolute Gasteiger partial charge is 0.748 e. The number of hydrogen-bond acceptors (Lipinski definition) is 4. The highest BCUT2D eigenvalue weighted by molar-refractivity contribution is 7.85. The van der Waals surface area contributed by atoms with Gasteiger partial charge in [0.05, 0.1) is 15.5 Å². The number of benzene rings is 2. The molecule has 2 aliphatic rings. The maximum absolute atomic E-state index is 11.2. The third kappa shape index (κ3) is 4.25. The molecule has 2 aromatic carbocycles. The molecule has 34 heavy (non-hydrogen) atoms. The van der Waals surface area contributed by atoms with Crippen LogP contribution in [-0.4, -0.2) is 42.1 Å². The molecule has 0 aliphatic carbocycles. The first-order chi connectivity index (χ1) is 16.0. The monoisotopic (exact) mass is 478 g/mol. The molecule has 2 heterocycles. The summed E-state index contributed by atoms with van der Waals surface area (Å²) in [5.41, 5.74) is 6.89. The third-order valence-corrected chi connectivity index (χ3v) is 7.99. The number of hydrogen-bond donors (Lipinski definition) is 0. The van der Waals surface area contributed by atoms with Crippen LogP contribution in [0, 0.1) is 0 Å². The summed E-state index contributed by atoms with van der Waals surface area (Å²) in [6.07, 6.45) is 6.76. The second-order valence-electron chi connectivity index (χ2n) is 10.1. The molecule has 4 rings (SSSR count). The number of fused-ring (bicyclic) bond motifs is 2. The molecule has 0 N–H and O–H groups in total. The van der Waals surface area contributed by atoms with Crippen molar-refractivity contribution in [2.24, 2.45) is 0 Å². The van der Waals surface area contributed by atoms with Crippen molar-refractivity contribution in [1.82, 2.24) is 0 Å². The van der Waals surface area contributed by atoms with E-state index >= 15 is 0 Å². The van der Waals surface area contributed by atoms with Gasteiger partial charge in [0.1, 0.15) is 6.54 Å². The van der Waals surface area contributed by atoms with Gasteiger partial charge in [-0.25, -0.2) is 8.42 Å². The van der Waals surface area contributed by atoms with Crippen LogP contribution in [0.4, 0.5) is 11.4 Å². The van der Waals surface area contributed by atoms with Gasteiger partial charge in [0, 0.05) is 53.2 Å². The molecule has 0 amide bonds. The fraction of sp³-hybridized carbons (Fsp3) is 0.393. The molecular weight excluding hydrogens is 444 g/mol. The zero-order chi connectivity index (χ0) is 24.7. The first-order valence-corrected chi connectivity index (χ1v) is 13.5. The van der Waals surface area contributed by atoms with Gasteiger partial charge in [-0.15, -0.1) is 0 Å². The summed E-state index contributed by atoms with van der Waals surface area (Å²) >= 11 is 0. The van der Waals surface area contributed by atoms with E-state index in [0.717, 1.165) is 17.9 Å². The van der Waals surface area contributed by atoms with Gasteiger partial charge < -0.3 is 9.45 Å². The first-order valence-electron chi connectivity index (χ1n) is 11.9. The van der Waals surface area contributed by atoms with Gasteiger partial charge >= 0.3 is 0 Å². The highest BCUT2D eigenvalue weighted by Gasteiger charge is 2.44. The Morgan fingerprint density at radius 3 is 2.29 bits per heavy atom. The number of anilines is 1. The van der Waals surface area contributed by atoms with E-state index in [1.54, 1.807) is 0 Å².